The Hall–Kier alpha value is -1.51. The van der Waals surface area contributed by atoms with Crippen molar-refractivity contribution in [2.24, 2.45) is 12.9 Å². The lowest BCUT2D eigenvalue weighted by molar-refractivity contribution is 0.674. The van der Waals surface area contributed by atoms with Gasteiger partial charge in [0.2, 0.25) is 0 Å². The molecule has 5 N–H and O–H groups in total. The number of nitrogens with one attached hydrogen (secondary N) is 1. The van der Waals surface area contributed by atoms with Gasteiger partial charge in [0.25, 0.3) is 0 Å². The average molecular weight is 165 g/mol. The van der Waals surface area contributed by atoms with Gasteiger partial charge >= 0.3 is 0 Å². The van der Waals surface area contributed by atoms with E-state index in [4.69, 9.17) is 18.0 Å². The monoisotopic (exact) mass is 165 g/mol. The van der Waals surface area contributed by atoms with E-state index in [1.165, 1.54) is 4.68 Å². The highest BCUT2D eigenvalue weighted by molar-refractivity contribution is 5.43. The van der Waals surface area contributed by atoms with Crippen molar-refractivity contribution < 1.29 is 0 Å². The molecule has 1 rings (SSSR count). The zero-order valence-electron chi connectivity index (χ0n) is 6.78. The number of nitrogen functional groups attached to an aromatic ring is 1. The van der Waals surface area contributed by atoms with E-state index in [0.29, 0.717) is 5.82 Å². The van der Waals surface area contributed by atoms with Crippen molar-refractivity contribution in [2.75, 3.05) is 5.73 Å². The Morgan fingerprint density at radius 3 is 2.83 bits per heavy atom. The van der Waals surface area contributed by atoms with E-state index in [0.717, 1.165) is 5.56 Å². The molecule has 0 aliphatic rings. The third-order valence-electron chi connectivity index (χ3n) is 1.66. The van der Waals surface area contributed by atoms with Gasteiger partial charge in [-0.1, -0.05) is 5.92 Å². The minimum atomic E-state index is -0.376. The van der Waals surface area contributed by atoms with Crippen LogP contribution in [0, 0.1) is 12.3 Å². The normalized spacial score (nSPS) is 12.4. The minimum absolute atomic E-state index is 0.376. The van der Waals surface area contributed by atoms with Crippen LogP contribution >= 0.6 is 0 Å². The van der Waals surface area contributed by atoms with Crippen molar-refractivity contribution in [1.82, 2.24) is 15.2 Å². The van der Waals surface area contributed by atoms with Crippen LogP contribution in [0.1, 0.15) is 11.6 Å². The Bertz CT molecular complexity index is 308. The first-order valence-electron chi connectivity index (χ1n) is 3.40. The maximum Gasteiger partial charge on any atom is 0.127 e. The molecule has 5 nitrogen and oxygen atoms in total. The van der Waals surface area contributed by atoms with Gasteiger partial charge in [0.15, 0.2) is 0 Å². The van der Waals surface area contributed by atoms with Crippen molar-refractivity contribution in [1.29, 1.82) is 0 Å². The van der Waals surface area contributed by atoms with Crippen LogP contribution in [0.4, 0.5) is 5.82 Å². The topological polar surface area (TPSA) is 81.9 Å². The van der Waals surface area contributed by atoms with E-state index in [1.54, 1.807) is 13.2 Å². The average Bonchev–Trinajstić information content (AvgIpc) is 2.38. The second kappa shape index (κ2) is 3.26. The van der Waals surface area contributed by atoms with Gasteiger partial charge in [0, 0.05) is 12.6 Å². The fourth-order valence-electron chi connectivity index (χ4n) is 0.914. The largest absolute Gasteiger partial charge is 0.384 e. The summed E-state index contributed by atoms with van der Waals surface area (Å²) in [5.41, 5.74) is 8.84. The lowest BCUT2D eigenvalue weighted by Crippen LogP contribution is -2.27. The quantitative estimate of drug-likeness (QED) is 0.302. The van der Waals surface area contributed by atoms with E-state index >= 15 is 0 Å². The van der Waals surface area contributed by atoms with Crippen molar-refractivity contribution in [2.45, 2.75) is 6.04 Å². The van der Waals surface area contributed by atoms with Crippen LogP contribution in [0.15, 0.2) is 6.20 Å². The molecule has 5 heteroatoms. The molecule has 1 aromatic heterocycles. The Morgan fingerprint density at radius 2 is 2.50 bits per heavy atom. The summed E-state index contributed by atoms with van der Waals surface area (Å²) in [5.74, 6) is 8.19. The van der Waals surface area contributed by atoms with Crippen LogP contribution in [-0.2, 0) is 7.05 Å². The van der Waals surface area contributed by atoms with E-state index in [2.05, 4.69) is 16.4 Å². The first-order valence-corrected chi connectivity index (χ1v) is 3.40. The molecule has 1 atom stereocenters. The second-order valence-electron chi connectivity index (χ2n) is 2.38. The SMILES string of the molecule is C#CC(NN)c1cnn(C)c1N. The predicted molar refractivity (Wildman–Crippen MR) is 46.5 cm³/mol. The third-order valence-corrected chi connectivity index (χ3v) is 1.66. The van der Waals surface area contributed by atoms with Gasteiger partial charge in [-0.15, -0.1) is 6.42 Å². The van der Waals surface area contributed by atoms with Crippen molar-refractivity contribution in [3.05, 3.63) is 11.8 Å². The van der Waals surface area contributed by atoms with Crippen molar-refractivity contribution >= 4 is 5.82 Å². The van der Waals surface area contributed by atoms with Crippen LogP contribution in [0.5, 0.6) is 0 Å². The summed E-state index contributed by atoms with van der Waals surface area (Å²) >= 11 is 0. The maximum atomic E-state index is 5.66. The lowest BCUT2D eigenvalue weighted by Gasteiger charge is -2.07. The maximum absolute atomic E-state index is 5.66. The predicted octanol–water partition coefficient (Wildman–Crippen LogP) is -0.860. The third kappa shape index (κ3) is 1.25. The van der Waals surface area contributed by atoms with Crippen LogP contribution in [0.2, 0.25) is 0 Å². The van der Waals surface area contributed by atoms with Gasteiger partial charge < -0.3 is 5.73 Å². The number of terminal acetylenes is 1. The number of nitrogens with zero attached hydrogens (tertiary/aromatic N) is 2. The molecule has 0 saturated heterocycles. The zero-order chi connectivity index (χ0) is 9.14. The van der Waals surface area contributed by atoms with Crippen LogP contribution < -0.4 is 17.0 Å². The Labute approximate surface area is 70.7 Å². The smallest absolute Gasteiger partial charge is 0.127 e. The summed E-state index contributed by atoms with van der Waals surface area (Å²) in [7, 11) is 1.74. The number of rotatable bonds is 2. The van der Waals surface area contributed by atoms with E-state index in [1.807, 2.05) is 0 Å². The molecular formula is C7H11N5. The fourth-order valence-corrected chi connectivity index (χ4v) is 0.914. The lowest BCUT2D eigenvalue weighted by atomic mass is 10.2. The Morgan fingerprint density at radius 1 is 1.83 bits per heavy atom. The van der Waals surface area contributed by atoms with Gasteiger partial charge in [-0.25, -0.2) is 5.43 Å². The zero-order valence-corrected chi connectivity index (χ0v) is 6.78. The summed E-state index contributed by atoms with van der Waals surface area (Å²) in [4.78, 5) is 0. The number of aromatic nitrogens is 2. The van der Waals surface area contributed by atoms with Gasteiger partial charge in [0.1, 0.15) is 11.9 Å². The molecule has 64 valence electrons. The number of hydrogen-bond acceptors (Lipinski definition) is 4. The first-order chi connectivity index (χ1) is 5.70. The van der Waals surface area contributed by atoms with E-state index in [-0.39, 0.29) is 6.04 Å². The molecule has 0 radical (unpaired) electrons. The number of anilines is 1. The van der Waals surface area contributed by atoms with E-state index in [9.17, 15) is 0 Å². The Balaban J connectivity index is 3.03. The molecule has 0 spiro atoms. The van der Waals surface area contributed by atoms with Gasteiger partial charge in [-0.3, -0.25) is 10.5 Å². The Kier molecular flexibility index (Phi) is 2.33. The number of hydrazine groups is 1. The fraction of sp³-hybridized carbons (Fsp3) is 0.286. The molecule has 0 aromatic carbocycles. The number of nitrogens with two attached hydrogens (primary N) is 2. The van der Waals surface area contributed by atoms with Crippen LogP contribution in [0.3, 0.4) is 0 Å². The summed E-state index contributed by atoms with van der Waals surface area (Å²) in [5, 5.41) is 3.93. The summed E-state index contributed by atoms with van der Waals surface area (Å²) in [6.07, 6.45) is 6.81. The number of aryl methyl sites for hydroxylation is 1. The van der Waals surface area contributed by atoms with Gasteiger partial charge in [0.05, 0.1) is 6.20 Å². The number of hydrogen-bond donors (Lipinski definition) is 3. The highest BCUT2D eigenvalue weighted by Gasteiger charge is 2.12. The van der Waals surface area contributed by atoms with Gasteiger partial charge in [-0.2, -0.15) is 5.10 Å². The molecule has 0 aliphatic heterocycles. The van der Waals surface area contributed by atoms with Crippen LogP contribution in [-0.4, -0.2) is 9.78 Å². The minimum Gasteiger partial charge on any atom is -0.384 e. The molecule has 0 aliphatic carbocycles. The molecular weight excluding hydrogens is 154 g/mol. The van der Waals surface area contributed by atoms with Crippen molar-refractivity contribution in [3.8, 4) is 12.3 Å². The van der Waals surface area contributed by atoms with Crippen molar-refractivity contribution in [3.63, 3.8) is 0 Å². The molecule has 0 fully saturated rings. The summed E-state index contributed by atoms with van der Waals surface area (Å²) in [6, 6.07) is -0.376. The van der Waals surface area contributed by atoms with Crippen LogP contribution in [0.25, 0.3) is 0 Å². The summed E-state index contributed by atoms with van der Waals surface area (Å²) in [6.45, 7) is 0. The van der Waals surface area contributed by atoms with Gasteiger partial charge in [-0.05, 0) is 0 Å². The second-order valence-corrected chi connectivity index (χ2v) is 2.38. The standard InChI is InChI=1S/C7H11N5/c1-3-6(11-9)5-4-10-12(2)7(5)8/h1,4,6,11H,8-9H2,2H3. The molecule has 0 amide bonds. The molecule has 0 bridgehead atoms. The molecule has 1 aromatic rings. The highest BCUT2D eigenvalue weighted by atomic mass is 15.3. The molecule has 12 heavy (non-hydrogen) atoms. The highest BCUT2D eigenvalue weighted by Crippen LogP contribution is 2.17. The first kappa shape index (κ1) is 8.59. The molecule has 0 saturated carbocycles. The van der Waals surface area contributed by atoms with E-state index < -0.39 is 0 Å². The molecule has 1 unspecified atom stereocenters. The summed E-state index contributed by atoms with van der Waals surface area (Å²) < 4.78 is 1.54. The molecule has 1 heterocycles.